The van der Waals surface area contributed by atoms with Crippen LogP contribution >= 0.6 is 0 Å². The fraction of sp³-hybridized carbons (Fsp3) is 0.600. The van der Waals surface area contributed by atoms with Gasteiger partial charge in [-0.1, -0.05) is 0 Å². The molecule has 2 rings (SSSR count). The van der Waals surface area contributed by atoms with Crippen LogP contribution in [0.15, 0.2) is 6.20 Å². The summed E-state index contributed by atoms with van der Waals surface area (Å²) in [4.78, 5) is 19.7. The first-order valence-corrected chi connectivity index (χ1v) is 5.79. The van der Waals surface area contributed by atoms with Crippen LogP contribution in [0, 0.1) is 10.1 Å². The summed E-state index contributed by atoms with van der Waals surface area (Å²) in [6.07, 6.45) is 3.45. The summed E-state index contributed by atoms with van der Waals surface area (Å²) in [7, 11) is 0. The molecule has 0 bridgehead atoms. The van der Waals surface area contributed by atoms with E-state index in [1.54, 1.807) is 0 Å². The summed E-state index contributed by atoms with van der Waals surface area (Å²) < 4.78 is 5.33. The fourth-order valence-corrected chi connectivity index (χ4v) is 1.88. The van der Waals surface area contributed by atoms with E-state index in [-0.39, 0.29) is 17.5 Å². The van der Waals surface area contributed by atoms with E-state index < -0.39 is 4.92 Å². The Hall–Kier alpha value is -1.96. The number of aromatic nitrogens is 2. The largest absolute Gasteiger partial charge is 0.471 e. The normalized spacial score (nSPS) is 15.8. The quantitative estimate of drug-likeness (QED) is 0.599. The average Bonchev–Trinajstić information content (AvgIpc) is 2.82. The number of hydrogen-bond donors (Lipinski definition) is 1. The molecule has 0 aromatic carbocycles. The minimum Gasteiger partial charge on any atom is -0.471 e. The Morgan fingerprint density at radius 2 is 2.22 bits per heavy atom. The molecule has 18 heavy (non-hydrogen) atoms. The first-order valence-electron chi connectivity index (χ1n) is 5.79. The maximum absolute atomic E-state index is 10.7. The Balaban J connectivity index is 1.94. The molecule has 1 fully saturated rings. The Bertz CT molecular complexity index is 434. The van der Waals surface area contributed by atoms with Gasteiger partial charge < -0.3 is 10.5 Å². The first kappa shape index (κ1) is 12.5. The zero-order valence-corrected chi connectivity index (χ0v) is 9.91. The van der Waals surface area contributed by atoms with Gasteiger partial charge in [-0.15, -0.1) is 0 Å². The summed E-state index contributed by atoms with van der Waals surface area (Å²) in [5.74, 6) is -0.0940. The summed E-state index contributed by atoms with van der Waals surface area (Å²) >= 11 is 0. The summed E-state index contributed by atoms with van der Waals surface area (Å²) in [5.41, 5.74) is 5.13. The molecule has 2 heterocycles. The van der Waals surface area contributed by atoms with Crippen LogP contribution in [0.25, 0.3) is 0 Å². The molecule has 2 N–H and O–H groups in total. The lowest BCUT2D eigenvalue weighted by Gasteiger charge is -2.14. The van der Waals surface area contributed by atoms with Crippen LogP contribution in [0.4, 0.5) is 11.6 Å². The third-order valence-electron chi connectivity index (χ3n) is 2.80. The summed E-state index contributed by atoms with van der Waals surface area (Å²) in [6, 6.07) is 0. The first-order chi connectivity index (χ1) is 8.66. The van der Waals surface area contributed by atoms with Crippen molar-refractivity contribution in [1.29, 1.82) is 0 Å². The average molecular weight is 253 g/mol. The molecule has 0 amide bonds. The molecule has 0 atom stereocenters. The van der Waals surface area contributed by atoms with Gasteiger partial charge in [0.05, 0.1) is 4.92 Å². The topological polar surface area (TPSA) is 107 Å². The minimum absolute atomic E-state index is 0.0308. The number of rotatable bonds is 5. The van der Waals surface area contributed by atoms with Gasteiger partial charge in [-0.25, -0.2) is 4.98 Å². The van der Waals surface area contributed by atoms with Gasteiger partial charge in [-0.2, -0.15) is 4.98 Å². The number of anilines is 1. The van der Waals surface area contributed by atoms with Gasteiger partial charge in [-0.05, 0) is 25.9 Å². The number of ether oxygens (including phenoxy) is 1. The summed E-state index contributed by atoms with van der Waals surface area (Å²) in [5, 5.41) is 10.7. The Morgan fingerprint density at radius 1 is 1.50 bits per heavy atom. The molecular weight excluding hydrogens is 238 g/mol. The van der Waals surface area contributed by atoms with Gasteiger partial charge in [0, 0.05) is 6.54 Å². The van der Waals surface area contributed by atoms with Crippen molar-refractivity contribution in [1.82, 2.24) is 14.9 Å². The number of likely N-dealkylation sites (tertiary alicyclic amines) is 1. The molecule has 0 radical (unpaired) electrons. The molecule has 0 spiro atoms. The number of nitrogens with two attached hydrogens (primary N) is 1. The Labute approximate surface area is 104 Å². The van der Waals surface area contributed by atoms with Crippen LogP contribution in [-0.2, 0) is 0 Å². The van der Waals surface area contributed by atoms with E-state index in [2.05, 4.69) is 14.9 Å². The van der Waals surface area contributed by atoms with E-state index in [0.717, 1.165) is 25.8 Å². The van der Waals surface area contributed by atoms with Crippen LogP contribution in [0.5, 0.6) is 5.88 Å². The van der Waals surface area contributed by atoms with Crippen LogP contribution < -0.4 is 10.5 Å². The molecule has 1 aliphatic rings. The highest BCUT2D eigenvalue weighted by Gasteiger charge is 2.19. The monoisotopic (exact) mass is 253 g/mol. The predicted molar refractivity (Wildman–Crippen MR) is 64.3 cm³/mol. The number of hydrogen-bond acceptors (Lipinski definition) is 7. The third kappa shape index (κ3) is 3.04. The van der Waals surface area contributed by atoms with E-state index >= 15 is 0 Å². The molecule has 1 aliphatic heterocycles. The SMILES string of the molecule is Nc1ncc([N+](=O)[O-])c(OCCN2CCCC2)n1. The number of nitrogen functional groups attached to an aromatic ring is 1. The molecule has 98 valence electrons. The molecule has 0 unspecified atom stereocenters. The number of nitro groups is 1. The van der Waals surface area contributed by atoms with Gasteiger partial charge in [0.15, 0.2) is 0 Å². The van der Waals surface area contributed by atoms with Crippen LogP contribution in [0.1, 0.15) is 12.8 Å². The smallest absolute Gasteiger partial charge is 0.349 e. The second kappa shape index (κ2) is 5.58. The van der Waals surface area contributed by atoms with Crippen molar-refractivity contribution >= 4 is 11.6 Å². The van der Waals surface area contributed by atoms with Crippen molar-refractivity contribution in [2.75, 3.05) is 32.0 Å². The van der Waals surface area contributed by atoms with E-state index in [4.69, 9.17) is 10.5 Å². The maximum Gasteiger partial charge on any atom is 0.349 e. The van der Waals surface area contributed by atoms with Crippen LogP contribution in [-0.4, -0.2) is 46.0 Å². The lowest BCUT2D eigenvalue weighted by Crippen LogP contribution is -2.25. The van der Waals surface area contributed by atoms with Crippen molar-refractivity contribution in [3.8, 4) is 5.88 Å². The molecule has 1 saturated heterocycles. The Morgan fingerprint density at radius 3 is 2.89 bits per heavy atom. The van der Waals surface area contributed by atoms with Crippen LogP contribution in [0.2, 0.25) is 0 Å². The fourth-order valence-electron chi connectivity index (χ4n) is 1.88. The molecule has 0 saturated carbocycles. The van der Waals surface area contributed by atoms with E-state index in [1.807, 2.05) is 0 Å². The van der Waals surface area contributed by atoms with Gasteiger partial charge >= 0.3 is 5.69 Å². The zero-order valence-electron chi connectivity index (χ0n) is 9.91. The third-order valence-corrected chi connectivity index (χ3v) is 2.80. The van der Waals surface area contributed by atoms with E-state index in [0.29, 0.717) is 6.61 Å². The Kier molecular flexibility index (Phi) is 3.88. The van der Waals surface area contributed by atoms with Gasteiger partial charge in [0.2, 0.25) is 5.95 Å². The number of nitrogens with zero attached hydrogens (tertiary/aromatic N) is 4. The molecule has 8 nitrogen and oxygen atoms in total. The maximum atomic E-state index is 10.7. The van der Waals surface area contributed by atoms with Crippen molar-refractivity contribution in [2.45, 2.75) is 12.8 Å². The second-order valence-corrected chi connectivity index (χ2v) is 4.07. The predicted octanol–water partition coefficient (Wildman–Crippen LogP) is 0.442. The molecule has 1 aromatic rings. The van der Waals surface area contributed by atoms with E-state index in [9.17, 15) is 10.1 Å². The van der Waals surface area contributed by atoms with Crippen molar-refractivity contribution < 1.29 is 9.66 Å². The van der Waals surface area contributed by atoms with Gasteiger partial charge in [-0.3, -0.25) is 15.0 Å². The second-order valence-electron chi connectivity index (χ2n) is 4.07. The lowest BCUT2D eigenvalue weighted by atomic mass is 10.4. The molecule has 0 aliphatic carbocycles. The van der Waals surface area contributed by atoms with Crippen molar-refractivity contribution in [3.63, 3.8) is 0 Å². The highest BCUT2D eigenvalue weighted by atomic mass is 16.6. The zero-order chi connectivity index (χ0) is 13.0. The standard InChI is InChI=1S/C10H15N5O3/c11-10-12-7-8(15(16)17)9(13-10)18-6-5-14-3-1-2-4-14/h7H,1-6H2,(H2,11,12,13). The molecular formula is C10H15N5O3. The van der Waals surface area contributed by atoms with Crippen molar-refractivity contribution in [3.05, 3.63) is 16.3 Å². The lowest BCUT2D eigenvalue weighted by molar-refractivity contribution is -0.386. The highest BCUT2D eigenvalue weighted by molar-refractivity contribution is 5.41. The molecule has 8 heteroatoms. The van der Waals surface area contributed by atoms with Gasteiger partial charge in [0.25, 0.3) is 5.88 Å². The minimum atomic E-state index is -0.579. The highest BCUT2D eigenvalue weighted by Crippen LogP contribution is 2.23. The summed E-state index contributed by atoms with van der Waals surface area (Å²) in [6.45, 7) is 3.20. The van der Waals surface area contributed by atoms with E-state index in [1.165, 1.54) is 12.8 Å². The van der Waals surface area contributed by atoms with Crippen molar-refractivity contribution in [2.24, 2.45) is 0 Å². The molecule has 1 aromatic heterocycles. The van der Waals surface area contributed by atoms with Crippen LogP contribution in [0.3, 0.4) is 0 Å². The van der Waals surface area contributed by atoms with Gasteiger partial charge in [0.1, 0.15) is 12.8 Å².